The Balaban J connectivity index is 2.25. The van der Waals surface area contributed by atoms with Gasteiger partial charge in [0.1, 0.15) is 6.10 Å². The van der Waals surface area contributed by atoms with Gasteiger partial charge in [0, 0.05) is 19.5 Å². The first-order chi connectivity index (χ1) is 8.08. The summed E-state index contributed by atoms with van der Waals surface area (Å²) in [5.41, 5.74) is 1.26. The van der Waals surface area contributed by atoms with Crippen molar-refractivity contribution in [2.24, 2.45) is 0 Å². The monoisotopic (exact) mass is 235 g/mol. The third kappa shape index (κ3) is 6.07. The zero-order valence-corrected chi connectivity index (χ0v) is 10.8. The molecule has 0 spiro atoms. The summed E-state index contributed by atoms with van der Waals surface area (Å²) in [6, 6.07) is 10.6. The lowest BCUT2D eigenvalue weighted by molar-refractivity contribution is -0.145. The number of esters is 1. The van der Waals surface area contributed by atoms with Crippen LogP contribution in [-0.2, 0) is 16.1 Å². The van der Waals surface area contributed by atoms with E-state index in [1.807, 2.05) is 25.1 Å². The van der Waals surface area contributed by atoms with Gasteiger partial charge in [0.2, 0.25) is 0 Å². The van der Waals surface area contributed by atoms with Crippen molar-refractivity contribution in [3.8, 4) is 0 Å². The van der Waals surface area contributed by atoms with Crippen molar-refractivity contribution < 1.29 is 9.53 Å². The van der Waals surface area contributed by atoms with Gasteiger partial charge < -0.3 is 10.1 Å². The van der Waals surface area contributed by atoms with Gasteiger partial charge in [0.25, 0.3) is 0 Å². The van der Waals surface area contributed by atoms with E-state index >= 15 is 0 Å². The highest BCUT2D eigenvalue weighted by atomic mass is 16.5. The van der Waals surface area contributed by atoms with Gasteiger partial charge in [-0.05, 0) is 25.8 Å². The maximum absolute atomic E-state index is 10.8. The summed E-state index contributed by atoms with van der Waals surface area (Å²) in [5.74, 6) is -0.215. The molecule has 17 heavy (non-hydrogen) atoms. The molecule has 0 heterocycles. The van der Waals surface area contributed by atoms with Crippen molar-refractivity contribution in [3.05, 3.63) is 35.9 Å². The van der Waals surface area contributed by atoms with E-state index in [0.29, 0.717) is 6.04 Å². The molecular formula is C14H21NO2. The van der Waals surface area contributed by atoms with Crippen molar-refractivity contribution in [2.75, 3.05) is 0 Å². The maximum Gasteiger partial charge on any atom is 0.302 e. The van der Waals surface area contributed by atoms with Crippen LogP contribution in [0.4, 0.5) is 0 Å². The molecule has 0 aliphatic rings. The lowest BCUT2D eigenvalue weighted by Crippen LogP contribution is -2.30. The minimum atomic E-state index is -0.215. The number of nitrogens with one attached hydrogen (secondary N) is 1. The van der Waals surface area contributed by atoms with Crippen LogP contribution in [0.25, 0.3) is 0 Å². The van der Waals surface area contributed by atoms with Crippen LogP contribution in [0.15, 0.2) is 30.3 Å². The van der Waals surface area contributed by atoms with Crippen molar-refractivity contribution >= 4 is 5.97 Å². The minimum Gasteiger partial charge on any atom is -0.463 e. The van der Waals surface area contributed by atoms with Gasteiger partial charge in [0.15, 0.2) is 0 Å². The molecule has 1 N–H and O–H groups in total. The molecule has 0 fully saturated rings. The Morgan fingerprint density at radius 2 is 1.94 bits per heavy atom. The number of benzene rings is 1. The number of ether oxygens (including phenoxy) is 1. The van der Waals surface area contributed by atoms with Crippen molar-refractivity contribution in [2.45, 2.75) is 45.9 Å². The number of hydrogen-bond acceptors (Lipinski definition) is 3. The van der Waals surface area contributed by atoms with Gasteiger partial charge in [-0.25, -0.2) is 0 Å². The van der Waals surface area contributed by atoms with Gasteiger partial charge in [-0.1, -0.05) is 30.3 Å². The average Bonchev–Trinajstić information content (AvgIpc) is 2.26. The van der Waals surface area contributed by atoms with E-state index in [1.165, 1.54) is 12.5 Å². The maximum atomic E-state index is 10.8. The Bertz CT molecular complexity index is 337. The third-order valence-corrected chi connectivity index (χ3v) is 2.55. The van der Waals surface area contributed by atoms with E-state index in [4.69, 9.17) is 4.74 Å². The fraction of sp³-hybridized carbons (Fsp3) is 0.500. The number of hydrogen-bond donors (Lipinski definition) is 1. The summed E-state index contributed by atoms with van der Waals surface area (Å²) in [6.07, 6.45) is 0.789. The molecule has 2 atom stereocenters. The van der Waals surface area contributed by atoms with Crippen LogP contribution >= 0.6 is 0 Å². The molecule has 94 valence electrons. The number of carbonyl (C=O) groups is 1. The minimum absolute atomic E-state index is 0.0363. The van der Waals surface area contributed by atoms with Crippen LogP contribution in [-0.4, -0.2) is 18.1 Å². The van der Waals surface area contributed by atoms with Gasteiger partial charge in [0.05, 0.1) is 0 Å². The molecule has 0 amide bonds. The lowest BCUT2D eigenvalue weighted by atomic mass is 10.1. The summed E-state index contributed by atoms with van der Waals surface area (Å²) in [7, 11) is 0. The topological polar surface area (TPSA) is 38.3 Å². The fourth-order valence-electron chi connectivity index (χ4n) is 1.80. The molecular weight excluding hydrogens is 214 g/mol. The Morgan fingerprint density at radius 1 is 1.29 bits per heavy atom. The number of rotatable bonds is 6. The summed E-state index contributed by atoms with van der Waals surface area (Å²) in [5, 5.41) is 3.41. The largest absolute Gasteiger partial charge is 0.463 e. The summed E-state index contributed by atoms with van der Waals surface area (Å²) in [4.78, 5) is 10.8. The Kier molecular flexibility index (Phi) is 5.70. The molecule has 0 aliphatic carbocycles. The zero-order chi connectivity index (χ0) is 12.7. The molecule has 1 aromatic carbocycles. The van der Waals surface area contributed by atoms with Crippen molar-refractivity contribution in [1.29, 1.82) is 0 Å². The van der Waals surface area contributed by atoms with Crippen LogP contribution in [0.3, 0.4) is 0 Å². The Morgan fingerprint density at radius 3 is 2.53 bits per heavy atom. The molecule has 3 heteroatoms. The Hall–Kier alpha value is -1.35. The molecule has 0 saturated carbocycles. The van der Waals surface area contributed by atoms with E-state index < -0.39 is 0 Å². The molecule has 1 rings (SSSR count). The second-order valence-corrected chi connectivity index (χ2v) is 4.42. The summed E-state index contributed by atoms with van der Waals surface area (Å²) < 4.78 is 5.09. The van der Waals surface area contributed by atoms with Crippen LogP contribution < -0.4 is 5.32 Å². The van der Waals surface area contributed by atoms with Crippen LogP contribution in [0.1, 0.15) is 32.8 Å². The quantitative estimate of drug-likeness (QED) is 0.770. The Labute approximate surface area is 103 Å². The van der Waals surface area contributed by atoms with E-state index in [2.05, 4.69) is 24.4 Å². The van der Waals surface area contributed by atoms with Crippen molar-refractivity contribution in [3.63, 3.8) is 0 Å². The first kappa shape index (κ1) is 13.7. The summed E-state index contributed by atoms with van der Waals surface area (Å²) >= 11 is 0. The van der Waals surface area contributed by atoms with E-state index in [0.717, 1.165) is 13.0 Å². The second kappa shape index (κ2) is 7.07. The predicted octanol–water partition coefficient (Wildman–Crippen LogP) is 2.51. The highest BCUT2D eigenvalue weighted by Crippen LogP contribution is 2.04. The van der Waals surface area contributed by atoms with Gasteiger partial charge in [-0.3, -0.25) is 4.79 Å². The fourth-order valence-corrected chi connectivity index (χ4v) is 1.80. The van der Waals surface area contributed by atoms with E-state index in [9.17, 15) is 4.79 Å². The van der Waals surface area contributed by atoms with Crippen LogP contribution in [0.2, 0.25) is 0 Å². The highest BCUT2D eigenvalue weighted by molar-refractivity contribution is 5.66. The first-order valence-corrected chi connectivity index (χ1v) is 6.02. The smallest absolute Gasteiger partial charge is 0.302 e. The van der Waals surface area contributed by atoms with Crippen LogP contribution in [0, 0.1) is 0 Å². The molecule has 0 radical (unpaired) electrons. The predicted molar refractivity (Wildman–Crippen MR) is 68.6 cm³/mol. The molecule has 0 aliphatic heterocycles. The van der Waals surface area contributed by atoms with Crippen LogP contribution in [0.5, 0.6) is 0 Å². The zero-order valence-electron chi connectivity index (χ0n) is 10.8. The summed E-state index contributed by atoms with van der Waals surface area (Å²) in [6.45, 7) is 6.30. The first-order valence-electron chi connectivity index (χ1n) is 6.02. The molecule has 0 aromatic heterocycles. The standard InChI is InChI=1S/C14H21NO2/c1-11(9-12(2)17-13(3)16)15-10-14-7-5-4-6-8-14/h4-8,11-12,15H,9-10H2,1-3H3. The second-order valence-electron chi connectivity index (χ2n) is 4.42. The molecule has 1 aromatic rings. The highest BCUT2D eigenvalue weighted by Gasteiger charge is 2.10. The van der Waals surface area contributed by atoms with Gasteiger partial charge in [-0.15, -0.1) is 0 Å². The van der Waals surface area contributed by atoms with Gasteiger partial charge >= 0.3 is 5.97 Å². The van der Waals surface area contributed by atoms with E-state index in [-0.39, 0.29) is 12.1 Å². The molecule has 3 nitrogen and oxygen atoms in total. The lowest BCUT2D eigenvalue weighted by Gasteiger charge is -2.18. The van der Waals surface area contributed by atoms with Crippen molar-refractivity contribution in [1.82, 2.24) is 5.32 Å². The molecule has 2 unspecified atom stereocenters. The normalized spacial score (nSPS) is 14.1. The SMILES string of the molecule is CC(=O)OC(C)CC(C)NCc1ccccc1. The third-order valence-electron chi connectivity index (χ3n) is 2.55. The number of carbonyl (C=O) groups excluding carboxylic acids is 1. The molecule has 0 bridgehead atoms. The van der Waals surface area contributed by atoms with E-state index in [1.54, 1.807) is 0 Å². The molecule has 0 saturated heterocycles. The average molecular weight is 235 g/mol. The van der Waals surface area contributed by atoms with Gasteiger partial charge in [-0.2, -0.15) is 0 Å².